The number of para-hydroxylation sites is 1. The van der Waals surface area contributed by atoms with Crippen LogP contribution in [0.4, 0.5) is 25.0 Å². The molecule has 244 valence electrons. The summed E-state index contributed by atoms with van der Waals surface area (Å²) in [5, 5.41) is 14.7. The summed E-state index contributed by atoms with van der Waals surface area (Å²) in [6.45, 7) is 2.07. The van der Waals surface area contributed by atoms with Crippen molar-refractivity contribution in [2.24, 2.45) is 0 Å². The first-order valence-corrected chi connectivity index (χ1v) is 14.8. The zero-order valence-electron chi connectivity index (χ0n) is 25.7. The van der Waals surface area contributed by atoms with Crippen molar-refractivity contribution < 1.29 is 42.5 Å². The largest absolute Gasteiger partial charge is 0.495 e. The van der Waals surface area contributed by atoms with Gasteiger partial charge in [0, 0.05) is 18.2 Å². The average Bonchev–Trinajstić information content (AvgIpc) is 3.46. The fraction of sp³-hybridized carbons (Fsp3) is 0.229. The fourth-order valence-corrected chi connectivity index (χ4v) is 5.27. The lowest BCUT2D eigenvalue weighted by Gasteiger charge is -2.25. The maximum Gasteiger partial charge on any atom is 0.335 e. The quantitative estimate of drug-likeness (QED) is 0.175. The maximum atomic E-state index is 14.4. The molecule has 0 aromatic heterocycles. The molecule has 10 nitrogen and oxygen atoms in total. The van der Waals surface area contributed by atoms with E-state index in [1.165, 1.54) is 37.4 Å². The molecule has 4 aromatic rings. The minimum absolute atomic E-state index is 0.0204. The van der Waals surface area contributed by atoms with E-state index >= 15 is 0 Å². The lowest BCUT2D eigenvalue weighted by Crippen LogP contribution is -2.40. The first-order valence-electron chi connectivity index (χ1n) is 14.8. The molecular weight excluding hydrogens is 612 g/mol. The predicted octanol–water partition coefficient (Wildman–Crippen LogP) is 6.29. The highest BCUT2D eigenvalue weighted by Crippen LogP contribution is 2.29. The molecule has 1 aliphatic rings. The van der Waals surface area contributed by atoms with Gasteiger partial charge in [0.25, 0.3) is 0 Å². The van der Waals surface area contributed by atoms with E-state index in [1.54, 1.807) is 29.2 Å². The Morgan fingerprint density at radius 1 is 0.915 bits per heavy atom. The van der Waals surface area contributed by atoms with Gasteiger partial charge in [0.1, 0.15) is 30.0 Å². The maximum absolute atomic E-state index is 14.4. The van der Waals surface area contributed by atoms with Gasteiger partial charge in [0.2, 0.25) is 5.91 Å². The van der Waals surface area contributed by atoms with Crippen molar-refractivity contribution in [2.75, 3.05) is 30.9 Å². The molecule has 3 N–H and O–H groups in total. The van der Waals surface area contributed by atoms with Crippen molar-refractivity contribution in [3.05, 3.63) is 113 Å². The Labute approximate surface area is 269 Å². The molecule has 0 radical (unpaired) electrons. The Bertz CT molecular complexity index is 1770. The Morgan fingerprint density at radius 3 is 2.36 bits per heavy atom. The molecule has 0 bridgehead atoms. The van der Waals surface area contributed by atoms with Crippen LogP contribution in [0.1, 0.15) is 27.9 Å². The van der Waals surface area contributed by atoms with Crippen molar-refractivity contribution in [2.45, 2.75) is 31.9 Å². The molecule has 5 rings (SSSR count). The van der Waals surface area contributed by atoms with E-state index in [-0.39, 0.29) is 36.8 Å². The SMILES string of the molecule is COc1cc(CC(=O)N2C[C@@H](Oc3ccc(F)cc3F)C[C@H]2COc2ccc(C(=O)O)cc2)ccc1NC(=O)Nc1ccccc1C. The van der Waals surface area contributed by atoms with E-state index in [9.17, 15) is 23.2 Å². The molecule has 1 fully saturated rings. The first-order chi connectivity index (χ1) is 22.6. The molecule has 0 aliphatic carbocycles. The van der Waals surface area contributed by atoms with Crippen LogP contribution in [0.3, 0.4) is 0 Å². The first kappa shape index (κ1) is 32.7. The summed E-state index contributed by atoms with van der Waals surface area (Å²) in [6.07, 6.45) is -0.319. The van der Waals surface area contributed by atoms with Crippen LogP contribution >= 0.6 is 0 Å². The summed E-state index contributed by atoms with van der Waals surface area (Å²) in [6, 6.07) is 20.4. The number of rotatable bonds is 11. The number of aromatic carboxylic acids is 1. The average molecular weight is 646 g/mol. The highest BCUT2D eigenvalue weighted by Gasteiger charge is 2.37. The number of carbonyl (C=O) groups is 3. The number of carboxylic acids is 1. The van der Waals surface area contributed by atoms with E-state index in [0.29, 0.717) is 34.9 Å². The lowest BCUT2D eigenvalue weighted by atomic mass is 10.1. The number of carboxylic acid groups (broad SMARTS) is 1. The third-order valence-electron chi connectivity index (χ3n) is 7.69. The van der Waals surface area contributed by atoms with E-state index in [4.69, 9.17) is 19.3 Å². The highest BCUT2D eigenvalue weighted by molar-refractivity contribution is 6.01. The van der Waals surface area contributed by atoms with Gasteiger partial charge in [0.15, 0.2) is 11.6 Å². The minimum Gasteiger partial charge on any atom is -0.495 e. The number of ether oxygens (including phenoxy) is 3. The van der Waals surface area contributed by atoms with Crippen molar-refractivity contribution in [1.82, 2.24) is 4.90 Å². The third-order valence-corrected chi connectivity index (χ3v) is 7.69. The number of carbonyl (C=O) groups excluding carboxylic acids is 2. The number of nitrogens with one attached hydrogen (secondary N) is 2. The van der Waals surface area contributed by atoms with Gasteiger partial charge in [-0.05, 0) is 72.6 Å². The van der Waals surface area contributed by atoms with Crippen LogP contribution in [0, 0.1) is 18.6 Å². The van der Waals surface area contributed by atoms with E-state index < -0.39 is 35.8 Å². The van der Waals surface area contributed by atoms with Gasteiger partial charge >= 0.3 is 12.0 Å². The standard InChI is InChI=1S/C35H33F2N3O7/c1-21-5-3-4-6-29(21)38-35(44)39-30-13-7-22(15-32(30)45-2)16-33(41)40-19-27(47-31-14-10-24(36)17-28(31)37)18-25(40)20-46-26-11-8-23(9-12-26)34(42)43/h3-15,17,25,27H,16,18-20H2,1-2H3,(H,42,43)(H2,38,39,44)/t25-,27-/m0/s1. The molecule has 1 saturated heterocycles. The Balaban J connectivity index is 1.28. The molecule has 4 aromatic carbocycles. The number of halogens is 2. The van der Waals surface area contributed by atoms with Gasteiger partial charge in [-0.3, -0.25) is 4.79 Å². The topological polar surface area (TPSA) is 126 Å². The molecular formula is C35H33F2N3O7. The molecule has 3 amide bonds. The number of anilines is 2. The van der Waals surface area contributed by atoms with Crippen LogP contribution in [-0.2, 0) is 11.2 Å². The van der Waals surface area contributed by atoms with Crippen LogP contribution in [0.15, 0.2) is 84.9 Å². The Kier molecular flexibility index (Phi) is 10.2. The third kappa shape index (κ3) is 8.34. The molecule has 2 atom stereocenters. The van der Waals surface area contributed by atoms with E-state index in [1.807, 2.05) is 25.1 Å². The van der Waals surface area contributed by atoms with Crippen molar-refractivity contribution in [3.8, 4) is 17.2 Å². The van der Waals surface area contributed by atoms with Gasteiger partial charge in [-0.1, -0.05) is 24.3 Å². The number of nitrogens with zero attached hydrogens (tertiary/aromatic N) is 1. The molecule has 0 spiro atoms. The second kappa shape index (κ2) is 14.6. The monoisotopic (exact) mass is 645 g/mol. The number of urea groups is 1. The molecule has 1 aliphatic heterocycles. The Hall–Kier alpha value is -5.65. The van der Waals surface area contributed by atoms with Gasteiger partial charge in [0.05, 0.1) is 37.4 Å². The Morgan fingerprint density at radius 2 is 1.66 bits per heavy atom. The summed E-state index contributed by atoms with van der Waals surface area (Å²) in [5.74, 6) is -2.27. The molecule has 0 unspecified atom stereocenters. The van der Waals surface area contributed by atoms with Crippen molar-refractivity contribution >= 4 is 29.3 Å². The summed E-state index contributed by atoms with van der Waals surface area (Å²) in [5.41, 5.74) is 2.70. The van der Waals surface area contributed by atoms with Crippen LogP contribution in [0.25, 0.3) is 0 Å². The van der Waals surface area contributed by atoms with Gasteiger partial charge in [-0.25, -0.2) is 18.4 Å². The number of aryl methyl sites for hydroxylation is 1. The number of likely N-dealkylation sites (tertiary alicyclic amines) is 1. The zero-order chi connectivity index (χ0) is 33.5. The minimum atomic E-state index is -1.07. The van der Waals surface area contributed by atoms with E-state index in [2.05, 4.69) is 10.6 Å². The van der Waals surface area contributed by atoms with Crippen molar-refractivity contribution in [3.63, 3.8) is 0 Å². The van der Waals surface area contributed by atoms with Gasteiger partial charge in [-0.2, -0.15) is 0 Å². The summed E-state index contributed by atoms with van der Waals surface area (Å²) >= 11 is 0. The number of benzene rings is 4. The highest BCUT2D eigenvalue weighted by atomic mass is 19.1. The van der Waals surface area contributed by atoms with Crippen LogP contribution in [0.5, 0.6) is 17.2 Å². The molecule has 47 heavy (non-hydrogen) atoms. The van der Waals surface area contributed by atoms with Crippen LogP contribution < -0.4 is 24.8 Å². The smallest absolute Gasteiger partial charge is 0.335 e. The van der Waals surface area contributed by atoms with Crippen LogP contribution in [-0.4, -0.2) is 60.3 Å². The lowest BCUT2D eigenvalue weighted by molar-refractivity contribution is -0.132. The molecule has 0 saturated carbocycles. The summed E-state index contributed by atoms with van der Waals surface area (Å²) in [4.78, 5) is 39.1. The fourth-order valence-electron chi connectivity index (χ4n) is 5.27. The second-order valence-corrected chi connectivity index (χ2v) is 11.0. The van der Waals surface area contributed by atoms with Gasteiger partial charge in [-0.15, -0.1) is 0 Å². The number of methoxy groups -OCH3 is 1. The van der Waals surface area contributed by atoms with Gasteiger partial charge < -0.3 is 34.9 Å². The zero-order valence-corrected chi connectivity index (χ0v) is 25.7. The van der Waals surface area contributed by atoms with E-state index in [0.717, 1.165) is 17.7 Å². The summed E-state index contributed by atoms with van der Waals surface area (Å²) in [7, 11) is 1.46. The number of hydrogen-bond donors (Lipinski definition) is 3. The molecule has 1 heterocycles. The molecule has 12 heteroatoms. The van der Waals surface area contributed by atoms with Crippen molar-refractivity contribution in [1.29, 1.82) is 0 Å². The van der Waals surface area contributed by atoms with Crippen LogP contribution in [0.2, 0.25) is 0 Å². The second-order valence-electron chi connectivity index (χ2n) is 11.0. The number of amides is 3. The predicted molar refractivity (Wildman–Crippen MR) is 170 cm³/mol. The summed E-state index contributed by atoms with van der Waals surface area (Å²) < 4.78 is 45.0. The normalized spacial score (nSPS) is 15.5. The number of hydrogen-bond acceptors (Lipinski definition) is 6.